The van der Waals surface area contributed by atoms with Gasteiger partial charge in [-0.3, -0.25) is 9.78 Å². The van der Waals surface area contributed by atoms with Crippen LogP contribution in [0.5, 0.6) is 0 Å². The van der Waals surface area contributed by atoms with E-state index in [2.05, 4.69) is 21.8 Å². The van der Waals surface area contributed by atoms with Gasteiger partial charge >= 0.3 is 0 Å². The fraction of sp³-hybridized carbons (Fsp3) is 0.550. The fourth-order valence-corrected chi connectivity index (χ4v) is 4.62. The molecule has 1 amide bonds. The number of pyridine rings is 1. The van der Waals surface area contributed by atoms with Gasteiger partial charge in [-0.15, -0.1) is 11.3 Å². The Morgan fingerprint density at radius 3 is 2.52 bits per heavy atom. The summed E-state index contributed by atoms with van der Waals surface area (Å²) in [5.74, 6) is 1.08. The van der Waals surface area contributed by atoms with Gasteiger partial charge in [-0.05, 0) is 56.6 Å². The lowest BCUT2D eigenvalue weighted by Gasteiger charge is -2.36. The first kappa shape index (κ1) is 16.7. The largest absolute Gasteiger partial charge is 0.336 e. The SMILES string of the molecule is CC1CCC(N(C(=O)Cc2csc(-c3ccccn3)n2)C2CC2)CC1. The number of nitrogens with zero attached hydrogens (tertiary/aromatic N) is 3. The summed E-state index contributed by atoms with van der Waals surface area (Å²) < 4.78 is 0. The number of carbonyl (C=O) groups is 1. The monoisotopic (exact) mass is 355 g/mol. The average molecular weight is 356 g/mol. The molecule has 0 atom stereocenters. The number of aromatic nitrogens is 2. The van der Waals surface area contributed by atoms with Gasteiger partial charge in [0.1, 0.15) is 5.01 Å². The summed E-state index contributed by atoms with van der Waals surface area (Å²) in [5.41, 5.74) is 1.76. The topological polar surface area (TPSA) is 46.1 Å². The third kappa shape index (κ3) is 3.92. The Morgan fingerprint density at radius 1 is 1.16 bits per heavy atom. The van der Waals surface area contributed by atoms with Gasteiger partial charge in [-0.25, -0.2) is 4.98 Å². The molecular weight excluding hydrogens is 330 g/mol. The molecule has 0 saturated heterocycles. The summed E-state index contributed by atoms with van der Waals surface area (Å²) in [4.78, 5) is 24.2. The van der Waals surface area contributed by atoms with E-state index in [0.29, 0.717) is 18.5 Å². The van der Waals surface area contributed by atoms with Crippen molar-refractivity contribution in [3.05, 3.63) is 35.5 Å². The van der Waals surface area contributed by atoms with Crippen LogP contribution in [0.25, 0.3) is 10.7 Å². The molecular formula is C20H25N3OS. The molecule has 2 saturated carbocycles. The van der Waals surface area contributed by atoms with Crippen molar-refractivity contribution in [1.82, 2.24) is 14.9 Å². The molecule has 4 rings (SSSR count). The highest BCUT2D eigenvalue weighted by Crippen LogP contribution is 2.35. The number of amides is 1. The fourth-order valence-electron chi connectivity index (χ4n) is 3.82. The second kappa shape index (κ2) is 7.24. The Kier molecular flexibility index (Phi) is 4.84. The van der Waals surface area contributed by atoms with Gasteiger partial charge in [0.2, 0.25) is 5.91 Å². The smallest absolute Gasteiger partial charge is 0.229 e. The van der Waals surface area contributed by atoms with E-state index in [1.165, 1.54) is 38.5 Å². The van der Waals surface area contributed by atoms with Crippen LogP contribution in [-0.2, 0) is 11.2 Å². The molecule has 0 aliphatic heterocycles. The maximum atomic E-state index is 13.0. The van der Waals surface area contributed by atoms with E-state index in [9.17, 15) is 4.79 Å². The van der Waals surface area contributed by atoms with E-state index in [-0.39, 0.29) is 5.91 Å². The number of hydrogen-bond donors (Lipinski definition) is 0. The Bertz CT molecular complexity index is 718. The molecule has 0 radical (unpaired) electrons. The highest BCUT2D eigenvalue weighted by Gasteiger charge is 2.38. The number of thiazole rings is 1. The predicted molar refractivity (Wildman–Crippen MR) is 100 cm³/mol. The van der Waals surface area contributed by atoms with Crippen LogP contribution in [0.1, 0.15) is 51.1 Å². The van der Waals surface area contributed by atoms with Gasteiger partial charge in [0, 0.05) is 23.7 Å². The molecule has 0 unspecified atom stereocenters. The first-order chi connectivity index (χ1) is 12.2. The summed E-state index contributed by atoms with van der Waals surface area (Å²) in [5, 5.41) is 2.91. The molecule has 2 aliphatic rings. The van der Waals surface area contributed by atoms with Crippen LogP contribution in [0.3, 0.4) is 0 Å². The zero-order chi connectivity index (χ0) is 17.2. The number of rotatable bonds is 5. The minimum atomic E-state index is 0.264. The Hall–Kier alpha value is -1.75. The molecule has 132 valence electrons. The van der Waals surface area contributed by atoms with Gasteiger partial charge in [-0.2, -0.15) is 0 Å². The molecule has 5 heteroatoms. The van der Waals surface area contributed by atoms with Crippen LogP contribution in [-0.4, -0.2) is 32.9 Å². The summed E-state index contributed by atoms with van der Waals surface area (Å²) in [6.45, 7) is 2.33. The highest BCUT2D eigenvalue weighted by molar-refractivity contribution is 7.13. The van der Waals surface area contributed by atoms with Gasteiger partial charge in [0.25, 0.3) is 0 Å². The van der Waals surface area contributed by atoms with Crippen molar-refractivity contribution in [3.63, 3.8) is 0 Å². The molecule has 4 nitrogen and oxygen atoms in total. The van der Waals surface area contributed by atoms with Gasteiger partial charge in [-0.1, -0.05) is 13.0 Å². The zero-order valence-corrected chi connectivity index (χ0v) is 15.5. The number of hydrogen-bond acceptors (Lipinski definition) is 4. The van der Waals surface area contributed by atoms with Crippen LogP contribution >= 0.6 is 11.3 Å². The van der Waals surface area contributed by atoms with E-state index in [0.717, 1.165) is 22.3 Å². The third-order valence-corrected chi connectivity index (χ3v) is 6.29. The van der Waals surface area contributed by atoms with Gasteiger partial charge in [0.15, 0.2) is 0 Å². The first-order valence-corrected chi connectivity index (χ1v) is 10.3. The van der Waals surface area contributed by atoms with Gasteiger partial charge < -0.3 is 4.90 Å². The first-order valence-electron chi connectivity index (χ1n) is 9.37. The second-order valence-electron chi connectivity index (χ2n) is 7.48. The molecule has 0 spiro atoms. The van der Waals surface area contributed by atoms with Crippen LogP contribution in [0.4, 0.5) is 0 Å². The van der Waals surface area contributed by atoms with E-state index in [4.69, 9.17) is 0 Å². The molecule has 25 heavy (non-hydrogen) atoms. The zero-order valence-electron chi connectivity index (χ0n) is 14.7. The molecule has 2 aromatic heterocycles. The number of carbonyl (C=O) groups excluding carboxylic acids is 1. The van der Waals surface area contributed by atoms with Crippen LogP contribution in [0, 0.1) is 5.92 Å². The average Bonchev–Trinajstić information content (AvgIpc) is 3.35. The van der Waals surface area contributed by atoms with Crippen molar-refractivity contribution in [1.29, 1.82) is 0 Å². The summed E-state index contributed by atoms with van der Waals surface area (Å²) in [6.07, 6.45) is 9.39. The van der Waals surface area contributed by atoms with Crippen LogP contribution in [0.2, 0.25) is 0 Å². The molecule has 2 aliphatic carbocycles. The quantitative estimate of drug-likeness (QED) is 0.802. The Balaban J connectivity index is 1.44. The normalized spacial score (nSPS) is 23.4. The Morgan fingerprint density at radius 2 is 1.88 bits per heavy atom. The van der Waals surface area contributed by atoms with Crippen molar-refractivity contribution < 1.29 is 4.79 Å². The van der Waals surface area contributed by atoms with Crippen molar-refractivity contribution in [2.75, 3.05) is 0 Å². The second-order valence-corrected chi connectivity index (χ2v) is 8.34. The maximum Gasteiger partial charge on any atom is 0.229 e. The molecule has 0 bridgehead atoms. The van der Waals surface area contributed by atoms with Gasteiger partial charge in [0.05, 0.1) is 17.8 Å². The summed E-state index contributed by atoms with van der Waals surface area (Å²) in [7, 11) is 0. The lowest BCUT2D eigenvalue weighted by Crippen LogP contribution is -2.44. The standard InChI is InChI=1S/C20H25N3OS/c1-14-5-7-16(8-6-14)23(17-9-10-17)19(24)12-15-13-25-20(22-15)18-4-2-3-11-21-18/h2-4,11,13-14,16-17H,5-10,12H2,1H3. The molecule has 2 aromatic rings. The van der Waals surface area contributed by atoms with Crippen molar-refractivity contribution in [2.45, 2.75) is 64.0 Å². The minimum Gasteiger partial charge on any atom is -0.336 e. The highest BCUT2D eigenvalue weighted by atomic mass is 32.1. The molecule has 0 N–H and O–H groups in total. The Labute approximate surface area is 153 Å². The van der Waals surface area contributed by atoms with E-state index < -0.39 is 0 Å². The lowest BCUT2D eigenvalue weighted by atomic mass is 9.86. The van der Waals surface area contributed by atoms with E-state index in [1.807, 2.05) is 23.6 Å². The summed E-state index contributed by atoms with van der Waals surface area (Å²) in [6, 6.07) is 6.77. The molecule has 2 fully saturated rings. The van der Waals surface area contributed by atoms with Crippen molar-refractivity contribution in [2.24, 2.45) is 5.92 Å². The van der Waals surface area contributed by atoms with Crippen molar-refractivity contribution in [3.8, 4) is 10.7 Å². The van der Waals surface area contributed by atoms with Crippen molar-refractivity contribution >= 4 is 17.2 Å². The lowest BCUT2D eigenvalue weighted by molar-refractivity contribution is -0.134. The molecule has 2 heterocycles. The molecule has 0 aromatic carbocycles. The third-order valence-electron chi connectivity index (χ3n) is 5.38. The predicted octanol–water partition coefficient (Wildman–Crippen LogP) is 4.32. The van der Waals surface area contributed by atoms with E-state index in [1.54, 1.807) is 17.5 Å². The van der Waals surface area contributed by atoms with E-state index >= 15 is 0 Å². The maximum absolute atomic E-state index is 13.0. The minimum absolute atomic E-state index is 0.264. The van der Waals surface area contributed by atoms with Crippen LogP contribution in [0.15, 0.2) is 29.8 Å². The summed E-state index contributed by atoms with van der Waals surface area (Å²) >= 11 is 1.57. The van der Waals surface area contributed by atoms with Crippen LogP contribution < -0.4 is 0 Å².